The molecule has 5 heteroatoms. The largest absolute Gasteiger partial charge is 0.466 e. The van der Waals surface area contributed by atoms with Crippen molar-refractivity contribution in [1.29, 1.82) is 0 Å². The van der Waals surface area contributed by atoms with E-state index in [4.69, 9.17) is 10.3 Å². The van der Waals surface area contributed by atoms with Gasteiger partial charge in [0, 0.05) is 18.8 Å². The molecule has 2 aromatic heterocycles. The van der Waals surface area contributed by atoms with E-state index in [0.717, 1.165) is 29.1 Å². The van der Waals surface area contributed by atoms with Crippen LogP contribution in [0.15, 0.2) is 22.9 Å². The van der Waals surface area contributed by atoms with Gasteiger partial charge in [0.25, 0.3) is 0 Å². The van der Waals surface area contributed by atoms with Gasteiger partial charge in [-0.15, -0.1) is 0 Å². The lowest BCUT2D eigenvalue weighted by molar-refractivity contribution is 0.484. The highest BCUT2D eigenvalue weighted by Gasteiger charge is 2.17. The Bertz CT molecular complexity index is 500. The van der Waals surface area contributed by atoms with Crippen molar-refractivity contribution in [2.45, 2.75) is 26.3 Å². The third-order valence-corrected chi connectivity index (χ3v) is 2.85. The molecule has 0 bridgehead atoms. The number of nitrogens with zero attached hydrogens (tertiary/aromatic N) is 2. The summed E-state index contributed by atoms with van der Waals surface area (Å²) >= 11 is 0. The van der Waals surface area contributed by atoms with Crippen LogP contribution in [0.5, 0.6) is 0 Å². The molecule has 2 rings (SSSR count). The number of furan rings is 1. The van der Waals surface area contributed by atoms with E-state index in [1.807, 2.05) is 39.4 Å². The lowest BCUT2D eigenvalue weighted by Crippen LogP contribution is -2.29. The van der Waals surface area contributed by atoms with Gasteiger partial charge in [-0.3, -0.25) is 16.0 Å². The van der Waals surface area contributed by atoms with Gasteiger partial charge in [-0.1, -0.05) is 0 Å². The SMILES string of the molecule is Cc1cc(C(Cc2cnn(C)c2)NN)c(C)o1. The van der Waals surface area contributed by atoms with E-state index in [-0.39, 0.29) is 6.04 Å². The molecule has 0 aliphatic heterocycles. The highest BCUT2D eigenvalue weighted by atomic mass is 16.3. The smallest absolute Gasteiger partial charge is 0.105 e. The average molecular weight is 234 g/mol. The molecule has 3 N–H and O–H groups in total. The molecule has 0 aromatic carbocycles. The minimum Gasteiger partial charge on any atom is -0.466 e. The first-order valence-electron chi connectivity index (χ1n) is 5.60. The van der Waals surface area contributed by atoms with Gasteiger partial charge >= 0.3 is 0 Å². The van der Waals surface area contributed by atoms with Crippen LogP contribution in [0.25, 0.3) is 0 Å². The van der Waals surface area contributed by atoms with Crippen LogP contribution in [0.2, 0.25) is 0 Å². The molecule has 92 valence electrons. The summed E-state index contributed by atoms with van der Waals surface area (Å²) in [6.07, 6.45) is 4.64. The van der Waals surface area contributed by atoms with Crippen molar-refractivity contribution in [3.05, 3.63) is 41.1 Å². The Balaban J connectivity index is 2.19. The van der Waals surface area contributed by atoms with Crippen molar-refractivity contribution >= 4 is 0 Å². The van der Waals surface area contributed by atoms with E-state index >= 15 is 0 Å². The molecule has 2 aromatic rings. The Kier molecular flexibility index (Phi) is 3.31. The van der Waals surface area contributed by atoms with Crippen LogP contribution in [-0.4, -0.2) is 9.78 Å². The van der Waals surface area contributed by atoms with Crippen LogP contribution in [0.1, 0.15) is 28.7 Å². The molecule has 2 heterocycles. The Morgan fingerprint density at radius 1 is 1.53 bits per heavy atom. The lowest BCUT2D eigenvalue weighted by Gasteiger charge is -2.13. The van der Waals surface area contributed by atoms with E-state index in [2.05, 4.69) is 10.5 Å². The van der Waals surface area contributed by atoms with Crippen molar-refractivity contribution in [2.75, 3.05) is 0 Å². The average Bonchev–Trinajstić information content (AvgIpc) is 2.82. The molecule has 0 amide bonds. The predicted molar refractivity (Wildman–Crippen MR) is 65.2 cm³/mol. The number of hydrogen-bond acceptors (Lipinski definition) is 4. The van der Waals surface area contributed by atoms with Crippen LogP contribution in [0, 0.1) is 13.8 Å². The van der Waals surface area contributed by atoms with Crippen LogP contribution in [-0.2, 0) is 13.5 Å². The van der Waals surface area contributed by atoms with Gasteiger partial charge in [-0.2, -0.15) is 5.10 Å². The molecule has 1 unspecified atom stereocenters. The molecule has 0 spiro atoms. The van der Waals surface area contributed by atoms with Gasteiger partial charge < -0.3 is 4.42 Å². The highest BCUT2D eigenvalue weighted by Crippen LogP contribution is 2.23. The molecular weight excluding hydrogens is 216 g/mol. The topological polar surface area (TPSA) is 69.0 Å². The summed E-state index contributed by atoms with van der Waals surface area (Å²) in [5, 5.41) is 4.15. The first-order valence-corrected chi connectivity index (χ1v) is 5.60. The fourth-order valence-electron chi connectivity index (χ4n) is 2.07. The Hall–Kier alpha value is -1.59. The van der Waals surface area contributed by atoms with Crippen LogP contribution < -0.4 is 11.3 Å². The number of nitrogens with two attached hydrogens (primary N) is 1. The van der Waals surface area contributed by atoms with Gasteiger partial charge in [0.1, 0.15) is 11.5 Å². The lowest BCUT2D eigenvalue weighted by atomic mass is 10.0. The van der Waals surface area contributed by atoms with Crippen molar-refractivity contribution in [2.24, 2.45) is 12.9 Å². The maximum Gasteiger partial charge on any atom is 0.105 e. The van der Waals surface area contributed by atoms with Gasteiger partial charge in [0.15, 0.2) is 0 Å². The second kappa shape index (κ2) is 4.73. The molecule has 0 saturated carbocycles. The molecule has 5 nitrogen and oxygen atoms in total. The first-order chi connectivity index (χ1) is 8.10. The van der Waals surface area contributed by atoms with Crippen LogP contribution >= 0.6 is 0 Å². The number of hydrazine groups is 1. The van der Waals surface area contributed by atoms with Gasteiger partial charge in [0.05, 0.1) is 12.2 Å². The van der Waals surface area contributed by atoms with Crippen molar-refractivity contribution < 1.29 is 4.42 Å². The van der Waals surface area contributed by atoms with Gasteiger partial charge in [-0.05, 0) is 31.9 Å². The van der Waals surface area contributed by atoms with E-state index in [9.17, 15) is 0 Å². The van der Waals surface area contributed by atoms with E-state index < -0.39 is 0 Å². The second-order valence-corrected chi connectivity index (χ2v) is 4.31. The molecule has 0 aliphatic carbocycles. The normalized spacial score (nSPS) is 12.9. The highest BCUT2D eigenvalue weighted by molar-refractivity contribution is 5.26. The predicted octanol–water partition coefficient (Wildman–Crippen LogP) is 1.38. The zero-order valence-corrected chi connectivity index (χ0v) is 10.4. The number of aryl methyl sites for hydroxylation is 3. The van der Waals surface area contributed by atoms with Crippen LogP contribution in [0.3, 0.4) is 0 Å². The quantitative estimate of drug-likeness (QED) is 0.619. The molecule has 0 aliphatic rings. The maximum absolute atomic E-state index is 5.62. The summed E-state index contributed by atoms with van der Waals surface area (Å²) in [5.74, 6) is 7.44. The molecule has 0 radical (unpaired) electrons. The molecular formula is C12H18N4O. The number of aromatic nitrogens is 2. The Morgan fingerprint density at radius 3 is 2.76 bits per heavy atom. The molecule has 1 atom stereocenters. The van der Waals surface area contributed by atoms with Crippen molar-refractivity contribution in [3.63, 3.8) is 0 Å². The summed E-state index contributed by atoms with van der Waals surface area (Å²) in [7, 11) is 1.90. The fourth-order valence-corrected chi connectivity index (χ4v) is 2.07. The second-order valence-electron chi connectivity index (χ2n) is 4.31. The van der Waals surface area contributed by atoms with Gasteiger partial charge in [0.2, 0.25) is 0 Å². The first kappa shape index (κ1) is 11.9. The molecule has 0 saturated heterocycles. The van der Waals surface area contributed by atoms with Gasteiger partial charge in [-0.25, -0.2) is 0 Å². The monoisotopic (exact) mass is 234 g/mol. The molecule has 17 heavy (non-hydrogen) atoms. The summed E-state index contributed by atoms with van der Waals surface area (Å²) in [6.45, 7) is 3.89. The Morgan fingerprint density at radius 2 is 2.29 bits per heavy atom. The maximum atomic E-state index is 5.62. The standard InChI is InChI=1S/C12H18N4O/c1-8-4-11(9(2)17-8)12(15-13)5-10-6-14-16(3)7-10/h4,6-7,12,15H,5,13H2,1-3H3. The summed E-state index contributed by atoms with van der Waals surface area (Å²) in [5.41, 5.74) is 5.09. The zero-order chi connectivity index (χ0) is 12.4. The summed E-state index contributed by atoms with van der Waals surface area (Å²) in [4.78, 5) is 0. The molecule has 0 fully saturated rings. The van der Waals surface area contributed by atoms with Crippen LogP contribution in [0.4, 0.5) is 0 Å². The zero-order valence-electron chi connectivity index (χ0n) is 10.4. The number of hydrogen-bond donors (Lipinski definition) is 2. The summed E-state index contributed by atoms with van der Waals surface area (Å²) in [6, 6.07) is 2.08. The van der Waals surface area contributed by atoms with E-state index in [1.165, 1.54) is 0 Å². The minimum atomic E-state index is 0.0525. The summed E-state index contributed by atoms with van der Waals surface area (Å²) < 4.78 is 7.31. The van der Waals surface area contributed by atoms with E-state index in [1.54, 1.807) is 4.68 Å². The third kappa shape index (κ3) is 2.57. The minimum absolute atomic E-state index is 0.0525. The third-order valence-electron chi connectivity index (χ3n) is 2.85. The fraction of sp³-hybridized carbons (Fsp3) is 0.417. The number of rotatable bonds is 4. The Labute approximate surface area is 101 Å². The van der Waals surface area contributed by atoms with E-state index in [0.29, 0.717) is 0 Å². The number of nitrogens with one attached hydrogen (secondary N) is 1. The van der Waals surface area contributed by atoms with Crippen molar-refractivity contribution in [3.8, 4) is 0 Å². The van der Waals surface area contributed by atoms with Crippen molar-refractivity contribution in [1.82, 2.24) is 15.2 Å².